The van der Waals surface area contributed by atoms with Crippen LogP contribution in [-0.4, -0.2) is 35.5 Å². The van der Waals surface area contributed by atoms with Crippen LogP contribution in [0.5, 0.6) is 0 Å². The van der Waals surface area contributed by atoms with Gasteiger partial charge >= 0.3 is 6.09 Å². The zero-order valence-electron chi connectivity index (χ0n) is 10.2. The molecule has 0 fully saturated rings. The van der Waals surface area contributed by atoms with Crippen molar-refractivity contribution in [2.75, 3.05) is 7.11 Å². The Hall–Kier alpha value is -1.52. The Bertz CT molecular complexity index is 340. The number of carbonyl (C=O) groups is 2. The van der Waals surface area contributed by atoms with Gasteiger partial charge in [0.1, 0.15) is 11.6 Å². The fourth-order valence-corrected chi connectivity index (χ4v) is 1.35. The molecule has 0 unspecified atom stereocenters. The largest absolute Gasteiger partial charge is 0.482 e. The zero-order valence-corrected chi connectivity index (χ0v) is 10.2. The second kappa shape index (κ2) is 4.15. The molecule has 0 aromatic rings. The van der Waals surface area contributed by atoms with E-state index in [0.29, 0.717) is 0 Å². The molecule has 1 heterocycles. The molecule has 0 aromatic carbocycles. The fraction of sp³-hybridized carbons (Fsp3) is 0.636. The number of ketones is 1. The van der Waals surface area contributed by atoms with E-state index >= 15 is 0 Å². The van der Waals surface area contributed by atoms with Gasteiger partial charge in [-0.05, 0) is 27.7 Å². The van der Waals surface area contributed by atoms with Crippen molar-refractivity contribution in [3.05, 3.63) is 12.0 Å². The monoisotopic (exact) mass is 227 g/mol. The van der Waals surface area contributed by atoms with Gasteiger partial charge in [0, 0.05) is 6.08 Å². The topological polar surface area (TPSA) is 55.8 Å². The molecule has 16 heavy (non-hydrogen) atoms. The van der Waals surface area contributed by atoms with Crippen molar-refractivity contribution >= 4 is 11.9 Å². The van der Waals surface area contributed by atoms with E-state index in [1.54, 1.807) is 27.7 Å². The van der Waals surface area contributed by atoms with Gasteiger partial charge < -0.3 is 9.47 Å². The van der Waals surface area contributed by atoms with Gasteiger partial charge in [-0.15, -0.1) is 0 Å². The van der Waals surface area contributed by atoms with Crippen LogP contribution in [0.15, 0.2) is 12.0 Å². The molecule has 0 aliphatic carbocycles. The minimum Gasteiger partial charge on any atom is -0.482 e. The second-order valence-corrected chi connectivity index (χ2v) is 4.62. The van der Waals surface area contributed by atoms with E-state index in [1.807, 2.05) is 0 Å². The maximum atomic E-state index is 11.8. The van der Waals surface area contributed by atoms with Crippen molar-refractivity contribution in [1.29, 1.82) is 0 Å². The summed E-state index contributed by atoms with van der Waals surface area (Å²) in [6.07, 6.45) is 0.730. The Kier molecular flexibility index (Phi) is 3.26. The molecule has 0 saturated carbocycles. The Morgan fingerprint density at radius 1 is 1.44 bits per heavy atom. The van der Waals surface area contributed by atoms with E-state index in [0.717, 1.165) is 0 Å². The number of nitrogens with zero attached hydrogens (tertiary/aromatic N) is 1. The number of hydrogen-bond donors (Lipinski definition) is 0. The first kappa shape index (κ1) is 12.5. The quantitative estimate of drug-likeness (QED) is 0.684. The van der Waals surface area contributed by atoms with Gasteiger partial charge in [0.2, 0.25) is 5.88 Å². The summed E-state index contributed by atoms with van der Waals surface area (Å²) in [6, 6.07) is -0.565. The van der Waals surface area contributed by atoms with Crippen LogP contribution < -0.4 is 0 Å². The Balaban J connectivity index is 2.83. The highest BCUT2D eigenvalue weighted by Gasteiger charge is 2.37. The molecule has 1 amide bonds. The van der Waals surface area contributed by atoms with Crippen molar-refractivity contribution in [3.8, 4) is 0 Å². The lowest BCUT2D eigenvalue weighted by Gasteiger charge is -2.27. The lowest BCUT2D eigenvalue weighted by Crippen LogP contribution is -2.41. The maximum Gasteiger partial charge on any atom is 0.417 e. The van der Waals surface area contributed by atoms with Crippen molar-refractivity contribution in [2.24, 2.45) is 0 Å². The molecule has 0 spiro atoms. The molecule has 0 N–H and O–H groups in total. The third kappa shape index (κ3) is 2.53. The average molecular weight is 227 g/mol. The molecule has 0 bridgehead atoms. The molecule has 90 valence electrons. The van der Waals surface area contributed by atoms with E-state index in [2.05, 4.69) is 0 Å². The van der Waals surface area contributed by atoms with Crippen molar-refractivity contribution in [2.45, 2.75) is 39.3 Å². The summed E-state index contributed by atoms with van der Waals surface area (Å²) in [5.41, 5.74) is -0.596. The first-order valence-corrected chi connectivity index (χ1v) is 5.08. The number of rotatable bonds is 1. The van der Waals surface area contributed by atoms with Crippen LogP contribution in [0, 0.1) is 0 Å². The number of ether oxygens (including phenoxy) is 2. The molecule has 5 heteroatoms. The third-order valence-corrected chi connectivity index (χ3v) is 2.10. The van der Waals surface area contributed by atoms with E-state index in [1.165, 1.54) is 18.1 Å². The zero-order chi connectivity index (χ0) is 12.5. The van der Waals surface area contributed by atoms with Crippen LogP contribution in [0.3, 0.4) is 0 Å². The highest BCUT2D eigenvalue weighted by Crippen LogP contribution is 2.22. The lowest BCUT2D eigenvalue weighted by molar-refractivity contribution is -0.117. The fourth-order valence-electron chi connectivity index (χ4n) is 1.35. The summed E-state index contributed by atoms with van der Waals surface area (Å²) in [4.78, 5) is 24.5. The predicted molar refractivity (Wildman–Crippen MR) is 57.6 cm³/mol. The predicted octanol–water partition coefficient (Wildman–Crippen LogP) is 1.68. The minimum absolute atomic E-state index is 0.164. The van der Waals surface area contributed by atoms with Crippen molar-refractivity contribution < 1.29 is 19.1 Å². The van der Waals surface area contributed by atoms with E-state index in [-0.39, 0.29) is 11.7 Å². The van der Waals surface area contributed by atoms with Crippen molar-refractivity contribution in [3.63, 3.8) is 0 Å². The molecule has 1 aliphatic heterocycles. The standard InChI is InChI=1S/C11H17NO4/c1-7-8(13)6-9(15-5)12(7)10(14)16-11(2,3)4/h6-7H,1-5H3/t7-/m0/s1. The summed E-state index contributed by atoms with van der Waals surface area (Å²) < 4.78 is 10.2. The van der Waals surface area contributed by atoms with Crippen LogP contribution in [0.25, 0.3) is 0 Å². The van der Waals surface area contributed by atoms with Crippen molar-refractivity contribution in [1.82, 2.24) is 4.90 Å². The van der Waals surface area contributed by atoms with Crippen LogP contribution >= 0.6 is 0 Å². The molecule has 5 nitrogen and oxygen atoms in total. The number of methoxy groups -OCH3 is 1. The van der Waals surface area contributed by atoms with Crippen LogP contribution in [0.2, 0.25) is 0 Å². The Morgan fingerprint density at radius 3 is 2.44 bits per heavy atom. The molecule has 0 aromatic heterocycles. The minimum atomic E-state index is -0.596. The molecule has 1 rings (SSSR count). The van der Waals surface area contributed by atoms with E-state index < -0.39 is 17.7 Å². The van der Waals surface area contributed by atoms with Gasteiger partial charge in [-0.25, -0.2) is 9.69 Å². The van der Waals surface area contributed by atoms with E-state index in [4.69, 9.17) is 9.47 Å². The number of carbonyl (C=O) groups excluding carboxylic acids is 2. The second-order valence-electron chi connectivity index (χ2n) is 4.62. The highest BCUT2D eigenvalue weighted by molar-refractivity contribution is 6.00. The first-order valence-electron chi connectivity index (χ1n) is 5.08. The first-order chi connectivity index (χ1) is 7.26. The number of amides is 1. The molecule has 1 atom stereocenters. The smallest absolute Gasteiger partial charge is 0.417 e. The van der Waals surface area contributed by atoms with Crippen LogP contribution in [-0.2, 0) is 14.3 Å². The SMILES string of the molecule is COC1=CC(=O)[C@H](C)N1C(=O)OC(C)(C)C. The van der Waals surface area contributed by atoms with Gasteiger partial charge in [0.25, 0.3) is 0 Å². The van der Waals surface area contributed by atoms with Gasteiger partial charge in [0.05, 0.1) is 7.11 Å². The molecular weight excluding hydrogens is 210 g/mol. The average Bonchev–Trinajstić information content (AvgIpc) is 2.40. The molecular formula is C11H17NO4. The van der Waals surface area contributed by atoms with Gasteiger partial charge in [-0.2, -0.15) is 0 Å². The summed E-state index contributed by atoms with van der Waals surface area (Å²) in [6.45, 7) is 6.94. The van der Waals surface area contributed by atoms with Crippen LogP contribution in [0.4, 0.5) is 4.79 Å². The van der Waals surface area contributed by atoms with Gasteiger partial charge in [0.15, 0.2) is 5.78 Å². The Morgan fingerprint density at radius 2 is 2.00 bits per heavy atom. The number of hydrogen-bond acceptors (Lipinski definition) is 4. The third-order valence-electron chi connectivity index (χ3n) is 2.10. The summed E-state index contributed by atoms with van der Waals surface area (Å²) in [5.74, 6) is 0.0643. The Labute approximate surface area is 95.0 Å². The van der Waals surface area contributed by atoms with E-state index in [9.17, 15) is 9.59 Å². The molecule has 1 aliphatic rings. The maximum absolute atomic E-state index is 11.8. The molecule has 0 radical (unpaired) electrons. The summed E-state index contributed by atoms with van der Waals surface area (Å²) >= 11 is 0. The normalized spacial score (nSPS) is 20.8. The molecule has 0 saturated heterocycles. The van der Waals surface area contributed by atoms with Gasteiger partial charge in [-0.3, -0.25) is 4.79 Å². The summed E-state index contributed by atoms with van der Waals surface area (Å²) in [5, 5.41) is 0. The lowest BCUT2D eigenvalue weighted by atomic mass is 10.2. The highest BCUT2D eigenvalue weighted by atomic mass is 16.6. The summed E-state index contributed by atoms with van der Waals surface area (Å²) in [7, 11) is 1.41. The van der Waals surface area contributed by atoms with Gasteiger partial charge in [-0.1, -0.05) is 0 Å². The van der Waals surface area contributed by atoms with Crippen LogP contribution in [0.1, 0.15) is 27.7 Å².